The van der Waals surface area contributed by atoms with Gasteiger partial charge < -0.3 is 9.30 Å². The Hall–Kier alpha value is -7.16. The van der Waals surface area contributed by atoms with E-state index in [1.165, 1.54) is 5.56 Å². The molecule has 1 aliphatic heterocycles. The zero-order valence-corrected chi connectivity index (χ0v) is 36.7. The third-order valence-electron chi connectivity index (χ3n) is 11.6. The van der Waals surface area contributed by atoms with Crippen LogP contribution in [-0.4, -0.2) is 15.6 Å². The van der Waals surface area contributed by atoms with Crippen molar-refractivity contribution >= 4 is 61.3 Å². The summed E-state index contributed by atoms with van der Waals surface area (Å²) in [7, 11) is 0. The Morgan fingerprint density at radius 3 is 1.98 bits per heavy atom. The van der Waals surface area contributed by atoms with E-state index in [4.69, 9.17) is 9.72 Å². The molecular formula is C56H40N4OPt+2. The summed E-state index contributed by atoms with van der Waals surface area (Å²) in [6, 6.07) is 74.6. The Labute approximate surface area is 375 Å². The summed E-state index contributed by atoms with van der Waals surface area (Å²) < 4.78 is 13.2. The van der Waals surface area contributed by atoms with Crippen LogP contribution in [0.15, 0.2) is 188 Å². The van der Waals surface area contributed by atoms with E-state index in [2.05, 4.69) is 198 Å². The van der Waals surface area contributed by atoms with Crippen molar-refractivity contribution in [2.24, 2.45) is 0 Å². The zero-order chi connectivity index (χ0) is 41.1. The summed E-state index contributed by atoms with van der Waals surface area (Å²) in [6.07, 6.45) is 1.83. The number of fused-ring (bicyclic) bond motifs is 6. The number of hydrogen-bond donors (Lipinski definition) is 0. The maximum Gasteiger partial charge on any atom is 2.00 e. The molecule has 0 saturated heterocycles. The van der Waals surface area contributed by atoms with E-state index < -0.39 is 0 Å². The third-order valence-corrected chi connectivity index (χ3v) is 11.6. The van der Waals surface area contributed by atoms with Crippen LogP contribution < -0.4 is 13.9 Å². The second-order valence-corrected chi connectivity index (χ2v) is 16.5. The van der Waals surface area contributed by atoms with Crippen LogP contribution >= 0.6 is 0 Å². The van der Waals surface area contributed by atoms with Gasteiger partial charge in [-0.1, -0.05) is 146 Å². The molecule has 0 bridgehead atoms. The first-order valence-corrected chi connectivity index (χ1v) is 20.6. The van der Waals surface area contributed by atoms with Gasteiger partial charge in [-0.3, -0.25) is 0 Å². The van der Waals surface area contributed by atoms with Crippen molar-refractivity contribution in [1.82, 2.24) is 18.7 Å². The van der Waals surface area contributed by atoms with Crippen molar-refractivity contribution in [3.8, 4) is 39.6 Å². The molecule has 6 heteroatoms. The molecule has 0 N–H and O–H groups in total. The molecule has 2 aromatic heterocycles. The van der Waals surface area contributed by atoms with Crippen molar-refractivity contribution in [1.29, 1.82) is 0 Å². The van der Waals surface area contributed by atoms with Crippen LogP contribution in [0.5, 0.6) is 11.5 Å². The minimum absolute atomic E-state index is 0. The Balaban J connectivity index is 0.00000458. The fraction of sp³-hybridized carbons (Fsp3) is 0.0714. The maximum absolute atomic E-state index is 6.66. The van der Waals surface area contributed by atoms with Gasteiger partial charge in [-0.15, -0.1) is 23.6 Å². The molecule has 3 heterocycles. The molecule has 62 heavy (non-hydrogen) atoms. The first-order valence-electron chi connectivity index (χ1n) is 20.6. The standard InChI is InChI=1S/C56H40N4O.Pt/c1-56(2,3)41-28-32-50-49(34-41)48-30-29-44(36-52(48)60(50)53-26-12-13-33-57-53)61-43-22-14-21-42(35-43)58-37-59(55-47-23-11-10-20-40(47)27-31-51(55)58)54-45(38-16-6-4-7-17-38)24-15-25-46(54)39-18-8-5-9-19-39;/h4-34H,1-3H3;/q;+2. The summed E-state index contributed by atoms with van der Waals surface area (Å²) in [5, 5.41) is 4.53. The largest absolute Gasteiger partial charge is 2.00 e. The number of hydrogen-bond acceptors (Lipinski definition) is 2. The molecule has 1 aliphatic rings. The van der Waals surface area contributed by atoms with E-state index in [-0.39, 0.29) is 26.5 Å². The molecule has 8 aromatic carbocycles. The second kappa shape index (κ2) is 15.7. The zero-order valence-electron chi connectivity index (χ0n) is 34.4. The molecular weight excluding hydrogens is 940 g/mol. The van der Waals surface area contributed by atoms with Gasteiger partial charge in [0, 0.05) is 29.3 Å². The molecule has 0 fully saturated rings. The summed E-state index contributed by atoms with van der Waals surface area (Å²) in [5.41, 5.74) is 11.6. The van der Waals surface area contributed by atoms with Crippen LogP contribution in [0.1, 0.15) is 26.3 Å². The molecule has 10 aromatic rings. The monoisotopic (exact) mass is 979 g/mol. The van der Waals surface area contributed by atoms with Gasteiger partial charge in [-0.25, -0.2) is 4.98 Å². The number of benzene rings is 8. The first kappa shape index (κ1) is 39.0. The topological polar surface area (TPSA) is 33.1 Å². The average molecular weight is 980 g/mol. The fourth-order valence-electron chi connectivity index (χ4n) is 8.61. The van der Waals surface area contributed by atoms with E-state index in [1.54, 1.807) is 0 Å². The molecule has 0 amide bonds. The molecule has 0 aliphatic carbocycles. The third kappa shape index (κ3) is 6.77. The van der Waals surface area contributed by atoms with Gasteiger partial charge >= 0.3 is 32.8 Å². The number of pyridine rings is 1. The Kier molecular flexibility index (Phi) is 9.88. The van der Waals surface area contributed by atoms with Crippen LogP contribution in [0.25, 0.3) is 60.6 Å². The van der Waals surface area contributed by atoms with Crippen molar-refractivity contribution in [3.63, 3.8) is 0 Å². The van der Waals surface area contributed by atoms with Crippen LogP contribution in [0.2, 0.25) is 0 Å². The maximum atomic E-state index is 6.66. The van der Waals surface area contributed by atoms with Gasteiger partial charge in [-0.05, 0) is 79.9 Å². The van der Waals surface area contributed by atoms with Crippen LogP contribution in [0, 0.1) is 12.1 Å². The van der Waals surface area contributed by atoms with Gasteiger partial charge in [0.05, 0.1) is 16.5 Å². The summed E-state index contributed by atoms with van der Waals surface area (Å²) in [5.74, 6) is 1.98. The second-order valence-electron chi connectivity index (χ2n) is 16.5. The van der Waals surface area contributed by atoms with Crippen molar-refractivity contribution < 1.29 is 25.8 Å². The Bertz CT molecular complexity index is 3340. The fourth-order valence-corrected chi connectivity index (χ4v) is 8.61. The molecule has 0 unspecified atom stereocenters. The molecule has 0 atom stereocenters. The molecule has 11 rings (SSSR count). The van der Waals surface area contributed by atoms with E-state index in [1.807, 2.05) is 42.6 Å². The van der Waals surface area contributed by atoms with Crippen LogP contribution in [-0.2, 0) is 26.5 Å². The predicted octanol–water partition coefficient (Wildman–Crippen LogP) is 14.2. The van der Waals surface area contributed by atoms with E-state index in [0.29, 0.717) is 11.5 Å². The average Bonchev–Trinajstić information content (AvgIpc) is 3.85. The number of aromatic nitrogens is 2. The summed E-state index contributed by atoms with van der Waals surface area (Å²) >= 11 is 0. The van der Waals surface area contributed by atoms with E-state index in [9.17, 15) is 0 Å². The smallest absolute Gasteiger partial charge is 0.509 e. The van der Waals surface area contributed by atoms with Gasteiger partial charge in [0.1, 0.15) is 11.5 Å². The molecule has 0 saturated carbocycles. The van der Waals surface area contributed by atoms with Crippen molar-refractivity contribution in [2.75, 3.05) is 0 Å². The number of ether oxygens (including phenoxy) is 1. The van der Waals surface area contributed by atoms with Gasteiger partial charge in [-0.2, -0.15) is 12.1 Å². The Morgan fingerprint density at radius 1 is 0.565 bits per heavy atom. The van der Waals surface area contributed by atoms with Gasteiger partial charge in [0.2, 0.25) is 5.69 Å². The molecule has 5 nitrogen and oxygen atoms in total. The van der Waals surface area contributed by atoms with Crippen LogP contribution in [0.3, 0.4) is 0 Å². The van der Waals surface area contributed by atoms with Crippen molar-refractivity contribution in [2.45, 2.75) is 26.2 Å². The quantitative estimate of drug-likeness (QED) is 0.118. The number of para-hydroxylation sites is 1. The SMILES string of the molecule is CC(C)(C)c1ccc2c(c1)c1ccc(Oc3[c-]c([N+]4=C=[N+](c5c(-c6ccccc6)cccc5-c5ccccc5)c5c4ccc4ccccc54)ccc3)[c-]c1n2-c1ccccn1.[Pt+2]. The normalized spacial score (nSPS) is 12.2. The van der Waals surface area contributed by atoms with E-state index >= 15 is 0 Å². The predicted molar refractivity (Wildman–Crippen MR) is 251 cm³/mol. The minimum atomic E-state index is 0. The van der Waals surface area contributed by atoms with Crippen LogP contribution in [0.4, 0.5) is 22.7 Å². The molecule has 0 radical (unpaired) electrons. The van der Waals surface area contributed by atoms with Gasteiger partial charge in [0.15, 0.2) is 0 Å². The van der Waals surface area contributed by atoms with E-state index in [0.717, 1.165) is 83.4 Å². The minimum Gasteiger partial charge on any atom is -0.509 e. The molecule has 0 spiro atoms. The van der Waals surface area contributed by atoms with Gasteiger partial charge in [0.25, 0.3) is 5.69 Å². The summed E-state index contributed by atoms with van der Waals surface area (Å²) in [6.45, 7) is 6.74. The molecule has 298 valence electrons. The number of nitrogens with zero attached hydrogens (tertiary/aromatic N) is 4. The number of rotatable bonds is 7. The summed E-state index contributed by atoms with van der Waals surface area (Å²) in [4.78, 5) is 4.75. The van der Waals surface area contributed by atoms with Crippen molar-refractivity contribution in [3.05, 3.63) is 206 Å². The first-order chi connectivity index (χ1) is 29.9. The Morgan fingerprint density at radius 2 is 1.26 bits per heavy atom.